The van der Waals surface area contributed by atoms with Crippen LogP contribution in [0.15, 0.2) is 23.9 Å². The summed E-state index contributed by atoms with van der Waals surface area (Å²) in [5.74, 6) is 1.34. The van der Waals surface area contributed by atoms with E-state index < -0.39 is 0 Å². The minimum Gasteiger partial charge on any atom is -0.472 e. The average molecular weight is 275 g/mol. The van der Waals surface area contributed by atoms with Crippen molar-refractivity contribution >= 4 is 5.91 Å². The third kappa shape index (κ3) is 4.05. The fourth-order valence-corrected chi connectivity index (χ4v) is 2.24. The smallest absolute Gasteiger partial charge is 0.246 e. The lowest BCUT2D eigenvalue weighted by Gasteiger charge is -2.32. The number of nitrogens with zero attached hydrogens (tertiary/aromatic N) is 3. The maximum Gasteiger partial charge on any atom is 0.246 e. The molecule has 1 aliphatic rings. The summed E-state index contributed by atoms with van der Waals surface area (Å²) in [6.45, 7) is 7.11. The van der Waals surface area contributed by atoms with Gasteiger partial charge in [0, 0.05) is 24.9 Å². The van der Waals surface area contributed by atoms with Gasteiger partial charge in [-0.05, 0) is 33.6 Å². The Bertz CT molecular complexity index is 510. The highest BCUT2D eigenvalue weighted by atomic mass is 16.5. The number of ether oxygens (including phenoxy) is 1. The summed E-state index contributed by atoms with van der Waals surface area (Å²) in [6.07, 6.45) is 5.27. The summed E-state index contributed by atoms with van der Waals surface area (Å²) in [4.78, 5) is 22.2. The molecule has 20 heavy (non-hydrogen) atoms. The normalized spacial score (nSPS) is 18.6. The number of hydrogen-bond donors (Lipinski definition) is 0. The molecule has 108 valence electrons. The second kappa shape index (κ2) is 6.50. The Hall–Kier alpha value is -1.91. The van der Waals surface area contributed by atoms with Crippen LogP contribution in [0.1, 0.15) is 32.5 Å². The van der Waals surface area contributed by atoms with Gasteiger partial charge < -0.3 is 9.64 Å². The third-order valence-corrected chi connectivity index (χ3v) is 3.14. The van der Waals surface area contributed by atoms with Crippen molar-refractivity contribution in [3.05, 3.63) is 29.7 Å². The van der Waals surface area contributed by atoms with Gasteiger partial charge in [0.2, 0.25) is 11.8 Å². The molecule has 1 atom stereocenters. The van der Waals surface area contributed by atoms with Crippen molar-refractivity contribution in [3.8, 4) is 5.88 Å². The van der Waals surface area contributed by atoms with Crippen LogP contribution in [0.3, 0.4) is 0 Å². The molecule has 2 heterocycles. The van der Waals surface area contributed by atoms with Crippen LogP contribution in [0.2, 0.25) is 0 Å². The molecule has 0 radical (unpaired) electrons. The minimum atomic E-state index is 0.00700. The number of amides is 1. The van der Waals surface area contributed by atoms with Crippen molar-refractivity contribution in [1.82, 2.24) is 14.9 Å². The highest BCUT2D eigenvalue weighted by Crippen LogP contribution is 2.17. The molecule has 2 rings (SSSR count). The van der Waals surface area contributed by atoms with Crippen LogP contribution in [-0.4, -0.2) is 40.0 Å². The number of rotatable bonds is 3. The molecular formula is C15H21N3O2. The first-order chi connectivity index (χ1) is 9.54. The van der Waals surface area contributed by atoms with Crippen LogP contribution in [0.25, 0.3) is 0 Å². The van der Waals surface area contributed by atoms with Gasteiger partial charge in [-0.2, -0.15) is 4.98 Å². The zero-order chi connectivity index (χ0) is 14.5. The standard InChI is InChI=1S/C15H21N3O2/c1-11(2)9-15(19)18-8-4-5-13(10-18)20-14-6-7-16-12(3)17-14/h6-7,9,13H,4-5,8,10H2,1-3H3. The fourth-order valence-electron chi connectivity index (χ4n) is 2.24. The zero-order valence-corrected chi connectivity index (χ0v) is 12.3. The first kappa shape index (κ1) is 14.5. The number of allylic oxidation sites excluding steroid dienone is 1. The van der Waals surface area contributed by atoms with Crippen LogP contribution < -0.4 is 4.74 Å². The first-order valence-corrected chi connectivity index (χ1v) is 6.94. The predicted octanol–water partition coefficient (Wildman–Crippen LogP) is 2.12. The topological polar surface area (TPSA) is 55.3 Å². The lowest BCUT2D eigenvalue weighted by molar-refractivity contribution is -0.128. The molecule has 1 aromatic rings. The Morgan fingerprint density at radius 2 is 2.30 bits per heavy atom. The molecule has 0 aromatic carbocycles. The van der Waals surface area contributed by atoms with Crippen molar-refractivity contribution in [2.75, 3.05) is 13.1 Å². The molecular weight excluding hydrogens is 254 g/mol. The average Bonchev–Trinajstić information content (AvgIpc) is 2.38. The van der Waals surface area contributed by atoms with Crippen molar-refractivity contribution in [3.63, 3.8) is 0 Å². The Kier molecular flexibility index (Phi) is 4.71. The summed E-state index contributed by atoms with van der Waals surface area (Å²) in [6, 6.07) is 1.75. The number of carbonyl (C=O) groups excluding carboxylic acids is 1. The maximum atomic E-state index is 12.0. The summed E-state index contributed by atoms with van der Waals surface area (Å²) in [5, 5.41) is 0. The number of carbonyl (C=O) groups is 1. The van der Waals surface area contributed by atoms with Crippen LogP contribution in [-0.2, 0) is 4.79 Å². The molecule has 1 fully saturated rings. The molecule has 0 spiro atoms. The molecule has 0 aliphatic carbocycles. The molecule has 1 saturated heterocycles. The number of aromatic nitrogens is 2. The molecule has 0 saturated carbocycles. The quantitative estimate of drug-likeness (QED) is 0.793. The molecule has 1 amide bonds. The number of likely N-dealkylation sites (tertiary alicyclic amines) is 1. The van der Waals surface area contributed by atoms with Gasteiger partial charge >= 0.3 is 0 Å². The molecule has 0 N–H and O–H groups in total. The monoisotopic (exact) mass is 275 g/mol. The molecule has 0 bridgehead atoms. The van der Waals surface area contributed by atoms with Crippen LogP contribution in [0.4, 0.5) is 0 Å². The van der Waals surface area contributed by atoms with E-state index in [0.717, 1.165) is 25.0 Å². The minimum absolute atomic E-state index is 0.00700. The van der Waals surface area contributed by atoms with Gasteiger partial charge in [0.1, 0.15) is 11.9 Å². The van der Waals surface area contributed by atoms with E-state index in [0.29, 0.717) is 18.2 Å². The third-order valence-electron chi connectivity index (χ3n) is 3.14. The first-order valence-electron chi connectivity index (χ1n) is 6.94. The second-order valence-corrected chi connectivity index (χ2v) is 5.33. The van der Waals surface area contributed by atoms with Crippen LogP contribution >= 0.6 is 0 Å². The van der Waals surface area contributed by atoms with E-state index in [4.69, 9.17) is 4.74 Å². The van der Waals surface area contributed by atoms with E-state index in [1.807, 2.05) is 25.7 Å². The Labute approximate surface area is 119 Å². The van der Waals surface area contributed by atoms with E-state index in [1.54, 1.807) is 18.3 Å². The van der Waals surface area contributed by atoms with Crippen molar-refractivity contribution < 1.29 is 9.53 Å². The lowest BCUT2D eigenvalue weighted by Crippen LogP contribution is -2.43. The van der Waals surface area contributed by atoms with E-state index in [-0.39, 0.29) is 12.0 Å². The Morgan fingerprint density at radius 3 is 3.00 bits per heavy atom. The molecule has 1 aromatic heterocycles. The Morgan fingerprint density at radius 1 is 1.50 bits per heavy atom. The SMILES string of the molecule is CC(C)=CC(=O)N1CCCC(Oc2ccnc(C)n2)C1. The van der Waals surface area contributed by atoms with Crippen molar-refractivity contribution in [2.45, 2.75) is 39.7 Å². The van der Waals surface area contributed by atoms with Crippen LogP contribution in [0.5, 0.6) is 5.88 Å². The second-order valence-electron chi connectivity index (χ2n) is 5.33. The largest absolute Gasteiger partial charge is 0.472 e. The van der Waals surface area contributed by atoms with E-state index in [9.17, 15) is 4.79 Å². The Balaban J connectivity index is 1.97. The number of piperidine rings is 1. The van der Waals surface area contributed by atoms with Gasteiger partial charge in [0.05, 0.1) is 6.54 Å². The van der Waals surface area contributed by atoms with Crippen molar-refractivity contribution in [2.24, 2.45) is 0 Å². The molecule has 5 heteroatoms. The molecule has 1 unspecified atom stereocenters. The van der Waals surface area contributed by atoms with Crippen LogP contribution in [0, 0.1) is 6.92 Å². The summed E-state index contributed by atoms with van der Waals surface area (Å²) in [5.41, 5.74) is 1.02. The maximum absolute atomic E-state index is 12.0. The van der Waals surface area contributed by atoms with Gasteiger partial charge in [0.25, 0.3) is 0 Å². The van der Waals surface area contributed by atoms with E-state index in [1.165, 1.54) is 0 Å². The van der Waals surface area contributed by atoms with Crippen molar-refractivity contribution in [1.29, 1.82) is 0 Å². The molecule has 5 nitrogen and oxygen atoms in total. The zero-order valence-electron chi connectivity index (χ0n) is 12.3. The number of aryl methyl sites for hydroxylation is 1. The fraction of sp³-hybridized carbons (Fsp3) is 0.533. The van der Waals surface area contributed by atoms with Gasteiger partial charge in [-0.3, -0.25) is 4.79 Å². The van der Waals surface area contributed by atoms with E-state index >= 15 is 0 Å². The van der Waals surface area contributed by atoms with E-state index in [2.05, 4.69) is 9.97 Å². The summed E-state index contributed by atoms with van der Waals surface area (Å²) >= 11 is 0. The van der Waals surface area contributed by atoms with Gasteiger partial charge in [-0.1, -0.05) is 5.57 Å². The predicted molar refractivity (Wildman–Crippen MR) is 76.4 cm³/mol. The summed E-state index contributed by atoms with van der Waals surface area (Å²) < 4.78 is 5.86. The van der Waals surface area contributed by atoms with Gasteiger partial charge in [0.15, 0.2) is 0 Å². The highest BCUT2D eigenvalue weighted by Gasteiger charge is 2.24. The lowest BCUT2D eigenvalue weighted by atomic mass is 10.1. The van der Waals surface area contributed by atoms with Gasteiger partial charge in [-0.15, -0.1) is 0 Å². The number of hydrogen-bond acceptors (Lipinski definition) is 4. The van der Waals surface area contributed by atoms with Gasteiger partial charge in [-0.25, -0.2) is 4.98 Å². The summed E-state index contributed by atoms with van der Waals surface area (Å²) in [7, 11) is 0. The molecule has 1 aliphatic heterocycles. The highest BCUT2D eigenvalue weighted by molar-refractivity contribution is 5.88.